The number of alkyl halides is 3. The summed E-state index contributed by atoms with van der Waals surface area (Å²) in [6.07, 6.45) is -4.41. The van der Waals surface area contributed by atoms with E-state index in [9.17, 15) is 18.0 Å². The minimum Gasteiger partial charge on any atom is -0.489 e. The van der Waals surface area contributed by atoms with Crippen LogP contribution in [0.1, 0.15) is 38.4 Å². The molecule has 0 aliphatic heterocycles. The summed E-state index contributed by atoms with van der Waals surface area (Å²) < 4.78 is 46.4. The van der Waals surface area contributed by atoms with Crippen LogP contribution >= 0.6 is 11.6 Å². The summed E-state index contributed by atoms with van der Waals surface area (Å²) in [6.45, 7) is 3.99. The number of nitrogens with zero attached hydrogens (tertiary/aromatic N) is 2. The van der Waals surface area contributed by atoms with Crippen LogP contribution in [0.25, 0.3) is 0 Å². The van der Waals surface area contributed by atoms with Gasteiger partial charge in [0.05, 0.1) is 29.2 Å². The molecule has 0 bridgehead atoms. The minimum absolute atomic E-state index is 0.148. The standard InChI is InChI=1S/C27H23ClF3N3O2/c1-17-25(18(2)34(33-17)15-20-4-3-5-22(14-20)27(29,30)31)32-26(35)21-8-6-19(7-9-21)16-36-24-12-10-23(28)11-13-24/h3-14H,15-16H2,1-2H3,(H,32,35). The van der Waals surface area contributed by atoms with Crippen LogP contribution in [0, 0.1) is 13.8 Å². The number of carbonyl (C=O) groups excluding carboxylic acids is 1. The molecular weight excluding hydrogens is 491 g/mol. The third kappa shape index (κ3) is 6.07. The van der Waals surface area contributed by atoms with Crippen molar-refractivity contribution >= 4 is 23.2 Å². The van der Waals surface area contributed by atoms with E-state index in [1.54, 1.807) is 61.0 Å². The fourth-order valence-corrected chi connectivity index (χ4v) is 3.81. The summed E-state index contributed by atoms with van der Waals surface area (Å²) in [4.78, 5) is 12.8. The number of benzene rings is 3. The molecule has 0 aliphatic rings. The zero-order chi connectivity index (χ0) is 25.9. The molecule has 0 fully saturated rings. The zero-order valence-electron chi connectivity index (χ0n) is 19.6. The third-order valence-corrected chi connectivity index (χ3v) is 5.89. The topological polar surface area (TPSA) is 56.2 Å². The zero-order valence-corrected chi connectivity index (χ0v) is 20.3. The van der Waals surface area contributed by atoms with Crippen molar-refractivity contribution in [1.82, 2.24) is 9.78 Å². The van der Waals surface area contributed by atoms with E-state index in [-0.39, 0.29) is 12.5 Å². The van der Waals surface area contributed by atoms with Crippen LogP contribution in [-0.2, 0) is 19.3 Å². The smallest absolute Gasteiger partial charge is 0.416 e. The number of rotatable bonds is 7. The predicted octanol–water partition coefficient (Wildman–Crippen LogP) is 7.05. The van der Waals surface area contributed by atoms with Crippen molar-refractivity contribution in [1.29, 1.82) is 0 Å². The maximum Gasteiger partial charge on any atom is 0.416 e. The fraction of sp³-hybridized carbons (Fsp3) is 0.185. The second-order valence-electron chi connectivity index (χ2n) is 8.30. The Hall–Kier alpha value is -3.78. The van der Waals surface area contributed by atoms with Crippen LogP contribution in [0.2, 0.25) is 5.02 Å². The van der Waals surface area contributed by atoms with Gasteiger partial charge in [-0.05, 0) is 73.5 Å². The van der Waals surface area contributed by atoms with Crippen LogP contribution in [-0.4, -0.2) is 15.7 Å². The number of hydrogen-bond acceptors (Lipinski definition) is 3. The van der Waals surface area contributed by atoms with E-state index in [0.29, 0.717) is 45.6 Å². The second kappa shape index (κ2) is 10.5. The monoisotopic (exact) mass is 513 g/mol. The summed E-state index contributed by atoms with van der Waals surface area (Å²) >= 11 is 5.88. The SMILES string of the molecule is Cc1nn(Cc2cccc(C(F)(F)F)c2)c(C)c1NC(=O)c1ccc(COc2ccc(Cl)cc2)cc1. The summed E-state index contributed by atoms with van der Waals surface area (Å²) in [6, 6.07) is 19.2. The highest BCUT2D eigenvalue weighted by molar-refractivity contribution is 6.30. The predicted molar refractivity (Wildman–Crippen MR) is 132 cm³/mol. The fourth-order valence-electron chi connectivity index (χ4n) is 3.69. The molecule has 0 unspecified atom stereocenters. The number of ether oxygens (including phenoxy) is 1. The van der Waals surface area contributed by atoms with Crippen LogP contribution in [0.5, 0.6) is 5.75 Å². The van der Waals surface area contributed by atoms with Gasteiger partial charge >= 0.3 is 6.18 Å². The van der Waals surface area contributed by atoms with E-state index in [1.165, 1.54) is 6.07 Å². The molecule has 0 saturated carbocycles. The van der Waals surface area contributed by atoms with Crippen LogP contribution in [0.15, 0.2) is 72.8 Å². The normalized spacial score (nSPS) is 11.4. The van der Waals surface area contributed by atoms with Gasteiger partial charge in [0.15, 0.2) is 0 Å². The molecule has 3 aromatic carbocycles. The number of amides is 1. The second-order valence-corrected chi connectivity index (χ2v) is 8.73. The van der Waals surface area contributed by atoms with E-state index < -0.39 is 11.7 Å². The molecule has 0 atom stereocenters. The maximum absolute atomic E-state index is 13.0. The van der Waals surface area contributed by atoms with Crippen molar-refractivity contribution in [2.75, 3.05) is 5.32 Å². The maximum atomic E-state index is 13.0. The first-order valence-corrected chi connectivity index (χ1v) is 11.5. The molecule has 5 nitrogen and oxygen atoms in total. The lowest BCUT2D eigenvalue weighted by atomic mass is 10.1. The molecule has 0 aliphatic carbocycles. The highest BCUT2D eigenvalue weighted by Crippen LogP contribution is 2.30. The van der Waals surface area contributed by atoms with Crippen LogP contribution in [0.4, 0.5) is 18.9 Å². The Morgan fingerprint density at radius 1 is 1.00 bits per heavy atom. The van der Waals surface area contributed by atoms with E-state index in [4.69, 9.17) is 16.3 Å². The molecule has 0 spiro atoms. The highest BCUT2D eigenvalue weighted by Gasteiger charge is 2.30. The molecule has 186 valence electrons. The van der Waals surface area contributed by atoms with Gasteiger partial charge in [0, 0.05) is 10.6 Å². The molecule has 9 heteroatoms. The summed E-state index contributed by atoms with van der Waals surface area (Å²) in [5.74, 6) is 0.374. The molecule has 1 N–H and O–H groups in total. The van der Waals surface area contributed by atoms with Crippen LogP contribution in [0.3, 0.4) is 0 Å². The van der Waals surface area contributed by atoms with Crippen molar-refractivity contribution in [3.8, 4) is 5.75 Å². The lowest BCUT2D eigenvalue weighted by Crippen LogP contribution is -2.13. The van der Waals surface area contributed by atoms with Gasteiger partial charge in [0.1, 0.15) is 12.4 Å². The number of aromatic nitrogens is 2. The van der Waals surface area contributed by atoms with E-state index in [0.717, 1.165) is 17.7 Å². The van der Waals surface area contributed by atoms with Gasteiger partial charge in [-0.1, -0.05) is 35.9 Å². The molecule has 0 radical (unpaired) electrons. The van der Waals surface area contributed by atoms with E-state index in [1.807, 2.05) is 12.1 Å². The molecule has 36 heavy (non-hydrogen) atoms. The van der Waals surface area contributed by atoms with Crippen molar-refractivity contribution in [3.63, 3.8) is 0 Å². The molecule has 4 rings (SSSR count). The first-order chi connectivity index (χ1) is 17.1. The first kappa shape index (κ1) is 25.3. The van der Waals surface area contributed by atoms with Crippen molar-refractivity contribution in [3.05, 3.63) is 111 Å². The number of carbonyl (C=O) groups is 1. The van der Waals surface area contributed by atoms with Gasteiger partial charge in [-0.2, -0.15) is 18.3 Å². The Kier molecular flexibility index (Phi) is 7.35. The quantitative estimate of drug-likeness (QED) is 0.288. The number of halogens is 4. The largest absolute Gasteiger partial charge is 0.489 e. The number of anilines is 1. The summed E-state index contributed by atoms with van der Waals surface area (Å²) in [5, 5.41) is 7.91. The van der Waals surface area contributed by atoms with Gasteiger partial charge in [0.2, 0.25) is 0 Å². The first-order valence-electron chi connectivity index (χ1n) is 11.1. The molecule has 1 aromatic heterocycles. The highest BCUT2D eigenvalue weighted by atomic mass is 35.5. The Morgan fingerprint density at radius 3 is 2.36 bits per heavy atom. The molecule has 0 saturated heterocycles. The van der Waals surface area contributed by atoms with E-state index in [2.05, 4.69) is 10.4 Å². The minimum atomic E-state index is -4.41. The Bertz CT molecular complexity index is 1360. The molecule has 4 aromatic rings. The summed E-state index contributed by atoms with van der Waals surface area (Å²) in [5.41, 5.74) is 2.84. The van der Waals surface area contributed by atoms with Gasteiger partial charge in [-0.25, -0.2) is 0 Å². The van der Waals surface area contributed by atoms with Crippen molar-refractivity contribution in [2.45, 2.75) is 33.2 Å². The third-order valence-electron chi connectivity index (χ3n) is 5.64. The van der Waals surface area contributed by atoms with Gasteiger partial charge in [-0.15, -0.1) is 0 Å². The summed E-state index contributed by atoms with van der Waals surface area (Å²) in [7, 11) is 0. The molecule has 1 amide bonds. The Balaban J connectivity index is 1.41. The Morgan fingerprint density at radius 2 is 1.69 bits per heavy atom. The van der Waals surface area contributed by atoms with Crippen LogP contribution < -0.4 is 10.1 Å². The van der Waals surface area contributed by atoms with E-state index >= 15 is 0 Å². The molecule has 1 heterocycles. The number of nitrogens with one attached hydrogen (secondary N) is 1. The van der Waals surface area contributed by atoms with Gasteiger partial charge in [0.25, 0.3) is 5.91 Å². The lowest BCUT2D eigenvalue weighted by Gasteiger charge is -2.10. The number of hydrogen-bond donors (Lipinski definition) is 1. The van der Waals surface area contributed by atoms with Gasteiger partial charge in [-0.3, -0.25) is 9.48 Å². The average Bonchev–Trinajstić information content (AvgIpc) is 3.11. The lowest BCUT2D eigenvalue weighted by molar-refractivity contribution is -0.137. The average molecular weight is 514 g/mol. The molecular formula is C27H23ClF3N3O2. The number of aryl methyl sites for hydroxylation is 1. The van der Waals surface area contributed by atoms with Crippen molar-refractivity contribution < 1.29 is 22.7 Å². The van der Waals surface area contributed by atoms with Gasteiger partial charge < -0.3 is 10.1 Å². The Labute approximate surface area is 211 Å². The van der Waals surface area contributed by atoms with Crippen molar-refractivity contribution in [2.24, 2.45) is 0 Å².